The molecule has 6 rings (SSSR count). The van der Waals surface area contributed by atoms with Crippen LogP contribution >= 0.6 is 0 Å². The molecule has 13 heteroatoms. The van der Waals surface area contributed by atoms with Gasteiger partial charge in [0.25, 0.3) is 0 Å². The Balaban J connectivity index is 1.25. The van der Waals surface area contributed by atoms with Crippen LogP contribution in [0.3, 0.4) is 0 Å². The van der Waals surface area contributed by atoms with Gasteiger partial charge in [0, 0.05) is 35.9 Å². The molecule has 1 aliphatic rings. The van der Waals surface area contributed by atoms with E-state index in [0.29, 0.717) is 30.0 Å². The van der Waals surface area contributed by atoms with E-state index in [1.165, 1.54) is 36.5 Å². The maximum atomic E-state index is 15.4. The number of fused-ring (bicyclic) bond motifs is 1. The highest BCUT2D eigenvalue weighted by Gasteiger charge is 2.24. The van der Waals surface area contributed by atoms with Crippen LogP contribution in [0.4, 0.5) is 13.2 Å². The lowest BCUT2D eigenvalue weighted by atomic mass is 10.0. The lowest BCUT2D eigenvalue weighted by molar-refractivity contribution is -0.0589. The van der Waals surface area contributed by atoms with Gasteiger partial charge in [0.1, 0.15) is 29.9 Å². The molecule has 0 radical (unpaired) electrons. The van der Waals surface area contributed by atoms with Crippen LogP contribution in [0.25, 0.3) is 22.3 Å². The quantitative estimate of drug-likeness (QED) is 0.235. The minimum Gasteiger partial charge on any atom is -0.478 e. The zero-order valence-electron chi connectivity index (χ0n) is 23.0. The van der Waals surface area contributed by atoms with E-state index in [1.807, 2.05) is 0 Å². The maximum Gasteiger partial charge on any atom is 0.335 e. The van der Waals surface area contributed by atoms with Crippen LogP contribution in [0.1, 0.15) is 44.1 Å². The highest BCUT2D eigenvalue weighted by molar-refractivity contribution is 5.93. The summed E-state index contributed by atoms with van der Waals surface area (Å²) in [7, 11) is 0. The van der Waals surface area contributed by atoms with E-state index in [2.05, 4.69) is 15.0 Å². The minimum atomic E-state index is -1.09. The van der Waals surface area contributed by atoms with E-state index in [-0.39, 0.29) is 58.7 Å². The third-order valence-corrected chi connectivity index (χ3v) is 7.34. The Bertz CT molecular complexity index is 1930. The molecule has 5 aromatic rings. The average molecular weight is 604 g/mol. The summed E-state index contributed by atoms with van der Waals surface area (Å²) in [5.74, 6) is -3.60. The summed E-state index contributed by atoms with van der Waals surface area (Å²) < 4.78 is 58.0. The molecule has 3 N–H and O–H groups in total. The Morgan fingerprint density at radius 2 is 1.75 bits per heavy atom. The summed E-state index contributed by atoms with van der Waals surface area (Å²) in [5, 5.41) is 9.45. The molecule has 1 amide bonds. The number of primary amides is 1. The van der Waals surface area contributed by atoms with E-state index in [9.17, 15) is 19.1 Å². The van der Waals surface area contributed by atoms with Crippen LogP contribution in [0.15, 0.2) is 60.8 Å². The Labute approximate surface area is 247 Å². The van der Waals surface area contributed by atoms with Gasteiger partial charge in [0.2, 0.25) is 5.91 Å². The second-order valence-corrected chi connectivity index (χ2v) is 10.2. The van der Waals surface area contributed by atoms with Crippen LogP contribution < -0.4 is 10.5 Å². The molecular formula is C31H24F3N5O5. The number of nitrogens with zero attached hydrogens (tertiary/aromatic N) is 4. The third kappa shape index (κ3) is 5.81. The zero-order chi connectivity index (χ0) is 31.0. The van der Waals surface area contributed by atoms with E-state index >= 15 is 8.78 Å². The highest BCUT2D eigenvalue weighted by atomic mass is 19.1. The van der Waals surface area contributed by atoms with Gasteiger partial charge < -0.3 is 24.9 Å². The van der Waals surface area contributed by atoms with Crippen molar-refractivity contribution < 1.29 is 37.3 Å². The summed E-state index contributed by atoms with van der Waals surface area (Å²) in [6.07, 6.45) is 1.96. The first-order valence-corrected chi connectivity index (χ1v) is 13.5. The molecule has 1 fully saturated rings. The molecule has 0 aliphatic carbocycles. The number of carboxylic acids is 1. The van der Waals surface area contributed by atoms with Crippen LogP contribution in [-0.4, -0.2) is 49.2 Å². The molecule has 2 aromatic heterocycles. The fourth-order valence-corrected chi connectivity index (χ4v) is 4.89. The fourth-order valence-electron chi connectivity index (χ4n) is 4.89. The van der Waals surface area contributed by atoms with Gasteiger partial charge in [0.15, 0.2) is 0 Å². The van der Waals surface area contributed by atoms with Crippen LogP contribution in [0.2, 0.25) is 0 Å². The van der Waals surface area contributed by atoms with Crippen molar-refractivity contribution in [3.05, 3.63) is 106 Å². The fraction of sp³-hybridized carbons (Fsp3) is 0.194. The number of nitrogens with two attached hydrogens (primary N) is 1. The van der Waals surface area contributed by atoms with Crippen molar-refractivity contribution >= 4 is 22.9 Å². The van der Waals surface area contributed by atoms with Crippen molar-refractivity contribution in [3.63, 3.8) is 0 Å². The van der Waals surface area contributed by atoms with Gasteiger partial charge in [-0.25, -0.2) is 27.9 Å². The van der Waals surface area contributed by atoms with E-state index in [1.54, 1.807) is 10.6 Å². The Hall–Kier alpha value is -5.30. The van der Waals surface area contributed by atoms with Gasteiger partial charge in [-0.1, -0.05) is 6.07 Å². The van der Waals surface area contributed by atoms with Crippen molar-refractivity contribution in [2.45, 2.75) is 32.1 Å². The van der Waals surface area contributed by atoms with Crippen molar-refractivity contribution in [2.75, 3.05) is 6.61 Å². The van der Waals surface area contributed by atoms with Gasteiger partial charge in [-0.15, -0.1) is 0 Å². The van der Waals surface area contributed by atoms with Crippen LogP contribution in [0.5, 0.6) is 6.01 Å². The molecule has 0 saturated carbocycles. The van der Waals surface area contributed by atoms with E-state index in [0.717, 1.165) is 24.6 Å². The molecule has 0 bridgehead atoms. The number of aromatic nitrogens is 4. The minimum absolute atomic E-state index is 0.00222. The Kier molecular flexibility index (Phi) is 7.70. The van der Waals surface area contributed by atoms with Gasteiger partial charge in [-0.2, -0.15) is 4.98 Å². The number of halogens is 3. The standard InChI is InChI=1S/C31H24F3N5O5/c32-22-9-16(29(35)40)1-2-18(22)15-44-31-36-7-5-25(38-31)21-13-23(33)19(10-24(21)34)12-28-37-26-4-3-17(30(41)42)11-27(26)39(28)14-20-6-8-43-20/h1-5,7,9-11,13,20H,6,8,12,14-15H2,(H2,35,40)(H,41,42). The molecule has 44 heavy (non-hydrogen) atoms. The van der Waals surface area contributed by atoms with Gasteiger partial charge in [0.05, 0.1) is 34.9 Å². The van der Waals surface area contributed by atoms with Crippen molar-refractivity contribution in [3.8, 4) is 17.3 Å². The monoisotopic (exact) mass is 603 g/mol. The predicted molar refractivity (Wildman–Crippen MR) is 150 cm³/mol. The molecule has 0 spiro atoms. The number of benzene rings is 3. The van der Waals surface area contributed by atoms with Gasteiger partial charge in [-0.3, -0.25) is 4.79 Å². The first kappa shape index (κ1) is 28.8. The summed E-state index contributed by atoms with van der Waals surface area (Å²) >= 11 is 0. The first-order valence-electron chi connectivity index (χ1n) is 13.5. The summed E-state index contributed by atoms with van der Waals surface area (Å²) in [5.41, 5.74) is 6.38. The summed E-state index contributed by atoms with van der Waals surface area (Å²) in [4.78, 5) is 35.5. The molecular weight excluding hydrogens is 579 g/mol. The van der Waals surface area contributed by atoms with Crippen molar-refractivity contribution in [2.24, 2.45) is 5.73 Å². The summed E-state index contributed by atoms with van der Waals surface area (Å²) in [6.45, 7) is 0.718. The average Bonchev–Trinajstić information content (AvgIpc) is 3.31. The van der Waals surface area contributed by atoms with Gasteiger partial charge in [-0.05, 0) is 60.5 Å². The molecule has 1 atom stereocenters. The number of amides is 1. The number of aromatic carboxylic acids is 1. The van der Waals surface area contributed by atoms with E-state index < -0.39 is 29.3 Å². The van der Waals surface area contributed by atoms with E-state index in [4.69, 9.17) is 15.2 Å². The molecule has 1 saturated heterocycles. The molecule has 3 heterocycles. The second kappa shape index (κ2) is 11.8. The van der Waals surface area contributed by atoms with Crippen molar-refractivity contribution in [1.82, 2.24) is 19.5 Å². The molecule has 10 nitrogen and oxygen atoms in total. The first-order chi connectivity index (χ1) is 21.2. The Morgan fingerprint density at radius 3 is 2.45 bits per heavy atom. The number of carbonyl (C=O) groups excluding carboxylic acids is 1. The lowest BCUT2D eigenvalue weighted by Crippen LogP contribution is -2.31. The molecule has 224 valence electrons. The highest BCUT2D eigenvalue weighted by Crippen LogP contribution is 2.29. The normalized spacial score (nSPS) is 14.4. The number of hydrogen-bond donors (Lipinski definition) is 2. The SMILES string of the molecule is NC(=O)c1ccc(COc2nccc(-c3cc(F)c(Cc4nc5ccc(C(=O)O)cc5n4CC4CCO4)cc3F)n2)c(F)c1. The number of hydrogen-bond acceptors (Lipinski definition) is 7. The summed E-state index contributed by atoms with van der Waals surface area (Å²) in [6, 6.07) is 11.5. The Morgan fingerprint density at radius 1 is 0.977 bits per heavy atom. The number of rotatable bonds is 10. The number of carbonyl (C=O) groups is 2. The maximum absolute atomic E-state index is 15.4. The molecule has 1 unspecified atom stereocenters. The predicted octanol–water partition coefficient (Wildman–Crippen LogP) is 4.67. The largest absolute Gasteiger partial charge is 0.478 e. The second-order valence-electron chi connectivity index (χ2n) is 10.2. The van der Waals surface area contributed by atoms with Gasteiger partial charge >= 0.3 is 12.0 Å². The smallest absolute Gasteiger partial charge is 0.335 e. The third-order valence-electron chi connectivity index (χ3n) is 7.34. The van der Waals surface area contributed by atoms with Crippen LogP contribution in [-0.2, 0) is 24.3 Å². The lowest BCUT2D eigenvalue weighted by Gasteiger charge is -2.27. The topological polar surface area (TPSA) is 142 Å². The molecule has 1 aliphatic heterocycles. The zero-order valence-corrected chi connectivity index (χ0v) is 23.0. The number of carboxylic acid groups (broad SMARTS) is 1. The van der Waals surface area contributed by atoms with Crippen LogP contribution in [0, 0.1) is 17.5 Å². The van der Waals surface area contributed by atoms with Crippen molar-refractivity contribution in [1.29, 1.82) is 0 Å². The number of imidazole rings is 1. The molecule has 3 aromatic carbocycles. The number of ether oxygens (including phenoxy) is 2.